The average Bonchev–Trinajstić information content (AvgIpc) is 3.00. The topological polar surface area (TPSA) is 83.4 Å². The number of hydrogen-bond acceptors (Lipinski definition) is 7. The Morgan fingerprint density at radius 1 is 1.10 bits per heavy atom. The summed E-state index contributed by atoms with van der Waals surface area (Å²) in [4.78, 5) is 16.5. The van der Waals surface area contributed by atoms with Crippen molar-refractivity contribution in [2.75, 3.05) is 18.1 Å². The fourth-order valence-corrected chi connectivity index (χ4v) is 5.13. The molecule has 0 saturated carbocycles. The summed E-state index contributed by atoms with van der Waals surface area (Å²) in [5, 5.41) is 14.4. The first kappa shape index (κ1) is 20.8. The third-order valence-corrected chi connectivity index (χ3v) is 6.68. The van der Waals surface area contributed by atoms with Gasteiger partial charge in [-0.1, -0.05) is 41.5 Å². The Kier molecular flexibility index (Phi) is 4.51. The largest absolute Gasteiger partial charge is 0.469 e. The van der Waals surface area contributed by atoms with Crippen molar-refractivity contribution in [1.82, 2.24) is 20.3 Å². The summed E-state index contributed by atoms with van der Waals surface area (Å²) in [7, 11) is 0. The zero-order chi connectivity index (χ0) is 22.3. The Morgan fingerprint density at radius 2 is 1.84 bits per heavy atom. The van der Waals surface area contributed by atoms with Gasteiger partial charge >= 0.3 is 0 Å². The van der Waals surface area contributed by atoms with E-state index >= 15 is 4.39 Å². The number of nitrogens with zero attached hydrogens (tertiary/aromatic N) is 4. The molecule has 31 heavy (non-hydrogen) atoms. The van der Waals surface area contributed by atoms with Crippen LogP contribution in [0.2, 0.25) is 0 Å². The van der Waals surface area contributed by atoms with E-state index in [2.05, 4.69) is 15.2 Å². The Hall–Kier alpha value is -2.06. The Labute approximate surface area is 182 Å². The Morgan fingerprint density at radius 3 is 2.48 bits per heavy atom. The molecule has 4 atom stereocenters. The highest BCUT2D eigenvalue weighted by molar-refractivity contribution is 5.95. The maximum absolute atomic E-state index is 15.9. The van der Waals surface area contributed by atoms with Crippen LogP contribution in [0.3, 0.4) is 0 Å². The van der Waals surface area contributed by atoms with Crippen LogP contribution in [0.25, 0.3) is 10.9 Å². The molecule has 5 rings (SSSR count). The molecule has 2 aromatic heterocycles. The quantitative estimate of drug-likeness (QED) is 0.721. The number of ether oxygens (including phenoxy) is 1. The van der Waals surface area contributed by atoms with Gasteiger partial charge in [0, 0.05) is 29.5 Å². The molecule has 3 aliphatic heterocycles. The number of rotatable bonds is 1. The first-order chi connectivity index (χ1) is 14.5. The van der Waals surface area contributed by atoms with Crippen LogP contribution in [-0.2, 0) is 10.8 Å². The molecule has 0 aromatic carbocycles. The molecular formula is C23H32FN5O2. The van der Waals surface area contributed by atoms with Crippen molar-refractivity contribution in [3.05, 3.63) is 17.3 Å². The van der Waals surface area contributed by atoms with Gasteiger partial charge in [0.1, 0.15) is 28.6 Å². The van der Waals surface area contributed by atoms with Gasteiger partial charge in [-0.2, -0.15) is 0 Å². The number of fused-ring (bicyclic) bond motifs is 5. The second-order valence-corrected chi connectivity index (χ2v) is 11.2. The van der Waals surface area contributed by atoms with E-state index in [0.717, 1.165) is 19.4 Å². The predicted molar refractivity (Wildman–Crippen MR) is 117 cm³/mol. The van der Waals surface area contributed by atoms with Crippen LogP contribution in [0, 0.1) is 5.82 Å². The van der Waals surface area contributed by atoms with Crippen molar-refractivity contribution in [1.29, 1.82) is 0 Å². The third kappa shape index (κ3) is 3.18. The highest BCUT2D eigenvalue weighted by Gasteiger charge is 2.48. The first-order valence-electron chi connectivity index (χ1n) is 11.2. The monoisotopic (exact) mass is 429 g/mol. The van der Waals surface area contributed by atoms with Gasteiger partial charge in [-0.15, -0.1) is 0 Å². The maximum Gasteiger partial charge on any atom is 0.227 e. The minimum atomic E-state index is -0.528. The van der Waals surface area contributed by atoms with Gasteiger partial charge < -0.3 is 20.1 Å². The van der Waals surface area contributed by atoms with E-state index in [-0.39, 0.29) is 29.6 Å². The fourth-order valence-electron chi connectivity index (χ4n) is 5.13. The SMILES string of the molecule is CC(C)(C)c1nc2c3c(nc(C(C)(C)C)c(F)c3n1)OC(CO)C1C3CCC(CN21)N3. The Bertz CT molecular complexity index is 1050. The number of aliphatic hydroxyl groups excluding tert-OH is 1. The van der Waals surface area contributed by atoms with Crippen molar-refractivity contribution < 1.29 is 14.2 Å². The van der Waals surface area contributed by atoms with Crippen LogP contribution in [0.4, 0.5) is 10.2 Å². The molecule has 4 unspecified atom stereocenters. The molecule has 0 spiro atoms. The maximum atomic E-state index is 15.9. The number of nitrogens with one attached hydrogen (secondary N) is 1. The van der Waals surface area contributed by atoms with Crippen LogP contribution < -0.4 is 15.0 Å². The van der Waals surface area contributed by atoms with Gasteiger partial charge in [-0.25, -0.2) is 19.3 Å². The van der Waals surface area contributed by atoms with Gasteiger partial charge in [0.05, 0.1) is 18.3 Å². The van der Waals surface area contributed by atoms with E-state index in [1.807, 2.05) is 41.5 Å². The van der Waals surface area contributed by atoms with Crippen LogP contribution in [0.15, 0.2) is 0 Å². The van der Waals surface area contributed by atoms with Crippen LogP contribution in [0.1, 0.15) is 65.9 Å². The van der Waals surface area contributed by atoms with E-state index in [1.54, 1.807) is 0 Å². The van der Waals surface area contributed by atoms with E-state index in [0.29, 0.717) is 34.6 Å². The molecule has 0 aliphatic carbocycles. The molecule has 2 aromatic rings. The minimum absolute atomic E-state index is 0.106. The van der Waals surface area contributed by atoms with Gasteiger partial charge in [-0.05, 0) is 12.8 Å². The molecule has 0 amide bonds. The summed E-state index contributed by atoms with van der Waals surface area (Å²) >= 11 is 0. The third-order valence-electron chi connectivity index (χ3n) is 6.68. The lowest BCUT2D eigenvalue weighted by Gasteiger charge is -2.43. The fraction of sp³-hybridized carbons (Fsp3) is 0.696. The van der Waals surface area contributed by atoms with E-state index < -0.39 is 17.3 Å². The van der Waals surface area contributed by atoms with Gasteiger partial charge in [0.25, 0.3) is 0 Å². The van der Waals surface area contributed by atoms with Crippen molar-refractivity contribution in [3.63, 3.8) is 0 Å². The number of hydrogen-bond donors (Lipinski definition) is 2. The highest BCUT2D eigenvalue weighted by atomic mass is 19.1. The molecule has 0 radical (unpaired) electrons. The summed E-state index contributed by atoms with van der Waals surface area (Å²) < 4.78 is 22.2. The lowest BCUT2D eigenvalue weighted by atomic mass is 9.90. The summed E-state index contributed by atoms with van der Waals surface area (Å²) in [5.41, 5.74) is -0.308. The highest BCUT2D eigenvalue weighted by Crippen LogP contribution is 2.44. The molecule has 5 heterocycles. The normalized spacial score (nSPS) is 27.8. The summed E-state index contributed by atoms with van der Waals surface area (Å²) in [6.45, 7) is 12.5. The van der Waals surface area contributed by atoms with Crippen LogP contribution in [-0.4, -0.2) is 57.4 Å². The molecular weight excluding hydrogens is 397 g/mol. The zero-order valence-electron chi connectivity index (χ0n) is 19.2. The lowest BCUT2D eigenvalue weighted by molar-refractivity contribution is 0.0755. The molecule has 2 saturated heterocycles. The molecule has 2 bridgehead atoms. The van der Waals surface area contributed by atoms with E-state index in [1.165, 1.54) is 0 Å². The second kappa shape index (κ2) is 6.72. The number of piperazine rings is 1. The van der Waals surface area contributed by atoms with Gasteiger partial charge in [0.2, 0.25) is 5.88 Å². The summed E-state index contributed by atoms with van der Waals surface area (Å²) in [6.07, 6.45) is 1.59. The van der Waals surface area contributed by atoms with Crippen LogP contribution in [0.5, 0.6) is 5.88 Å². The standard InChI is InChI=1S/C23H32FN5O2/c1-22(2,3)18-15(24)16-14-19(28-21(26-16)23(4,5)6)29-9-11-7-8-12(25-11)17(29)13(10-30)31-20(14)27-18/h11-13,17,25,30H,7-10H2,1-6H3. The molecule has 2 fully saturated rings. The molecule has 2 N–H and O–H groups in total. The Balaban J connectivity index is 1.85. The molecule has 3 aliphatic rings. The number of anilines is 1. The second-order valence-electron chi connectivity index (χ2n) is 11.2. The zero-order valence-corrected chi connectivity index (χ0v) is 19.2. The molecule has 8 heteroatoms. The van der Waals surface area contributed by atoms with Gasteiger partial charge in [-0.3, -0.25) is 0 Å². The molecule has 7 nitrogen and oxygen atoms in total. The van der Waals surface area contributed by atoms with Crippen molar-refractivity contribution in [2.45, 2.75) is 89.4 Å². The number of halogens is 1. The summed E-state index contributed by atoms with van der Waals surface area (Å²) in [5.74, 6) is 1.18. The lowest BCUT2D eigenvalue weighted by Crippen LogP contribution is -2.63. The number of aromatic nitrogens is 3. The van der Waals surface area contributed by atoms with Crippen molar-refractivity contribution >= 4 is 16.7 Å². The minimum Gasteiger partial charge on any atom is -0.469 e. The summed E-state index contributed by atoms with van der Waals surface area (Å²) in [6, 6.07) is 0.419. The van der Waals surface area contributed by atoms with Crippen molar-refractivity contribution in [2.24, 2.45) is 0 Å². The number of pyridine rings is 1. The van der Waals surface area contributed by atoms with E-state index in [4.69, 9.17) is 14.7 Å². The smallest absolute Gasteiger partial charge is 0.227 e. The number of aliphatic hydroxyl groups is 1. The molecule has 168 valence electrons. The first-order valence-corrected chi connectivity index (χ1v) is 11.2. The van der Waals surface area contributed by atoms with Crippen LogP contribution >= 0.6 is 0 Å². The average molecular weight is 430 g/mol. The van der Waals surface area contributed by atoms with Crippen molar-refractivity contribution in [3.8, 4) is 5.88 Å². The van der Waals surface area contributed by atoms with Gasteiger partial charge in [0.15, 0.2) is 5.82 Å². The predicted octanol–water partition coefficient (Wildman–Crippen LogP) is 2.82. The van der Waals surface area contributed by atoms with E-state index in [9.17, 15) is 5.11 Å².